The fourth-order valence-electron chi connectivity index (χ4n) is 4.16. The molecule has 2 aromatic carbocycles. The van der Waals surface area contributed by atoms with Gasteiger partial charge in [-0.2, -0.15) is 0 Å². The molecule has 2 aromatic rings. The number of amides is 2. The first-order valence-corrected chi connectivity index (χ1v) is 10.0. The topological polar surface area (TPSA) is 61.8 Å². The van der Waals surface area contributed by atoms with Crippen molar-refractivity contribution >= 4 is 23.2 Å². The summed E-state index contributed by atoms with van der Waals surface area (Å²) in [4.78, 5) is 32.4. The van der Waals surface area contributed by atoms with Gasteiger partial charge in [0.05, 0.1) is 0 Å². The van der Waals surface area contributed by atoms with Crippen LogP contribution in [-0.2, 0) is 9.59 Å². The van der Waals surface area contributed by atoms with Crippen molar-refractivity contribution in [3.05, 3.63) is 65.5 Å². The zero-order valence-corrected chi connectivity index (χ0v) is 16.5. The highest BCUT2D eigenvalue weighted by Gasteiger charge is 2.48. The van der Waals surface area contributed by atoms with Crippen LogP contribution in [0, 0.1) is 12.7 Å². The Balaban J connectivity index is 1.58. The van der Waals surface area contributed by atoms with Crippen LogP contribution >= 0.6 is 0 Å². The molecule has 2 aliphatic rings. The molecule has 29 heavy (non-hydrogen) atoms. The zero-order valence-electron chi connectivity index (χ0n) is 16.5. The summed E-state index contributed by atoms with van der Waals surface area (Å²) in [6.45, 7) is 1.89. The summed E-state index contributed by atoms with van der Waals surface area (Å²) in [5.41, 5.74) is 2.02. The molecule has 0 radical (unpaired) electrons. The fourth-order valence-corrected chi connectivity index (χ4v) is 4.16. The summed E-state index contributed by atoms with van der Waals surface area (Å²) in [5.74, 6) is -0.992. The molecule has 1 fully saturated rings. The number of carbonyl (C=O) groups excluding carboxylic acids is 2. The van der Waals surface area contributed by atoms with Gasteiger partial charge in [-0.1, -0.05) is 42.3 Å². The molecule has 1 N–H and O–H groups in total. The molecule has 4 rings (SSSR count). The molecule has 0 bridgehead atoms. The molecular formula is C23H24FN3O2. The van der Waals surface area contributed by atoms with E-state index in [1.165, 1.54) is 18.2 Å². The summed E-state index contributed by atoms with van der Waals surface area (Å²) in [6, 6.07) is 13.4. The third-order valence-electron chi connectivity index (χ3n) is 5.66. The molecule has 0 unspecified atom stereocenters. The van der Waals surface area contributed by atoms with Gasteiger partial charge in [-0.05, 0) is 50.8 Å². The van der Waals surface area contributed by atoms with Crippen LogP contribution in [0.1, 0.15) is 43.2 Å². The SMILES string of the molecule is Cc1ccc(C2=NC3(CCCCC3)N(CC(=O)Nc3cccc(F)c3)C2=O)cc1. The van der Waals surface area contributed by atoms with Crippen molar-refractivity contribution in [3.8, 4) is 0 Å². The van der Waals surface area contributed by atoms with Crippen LogP contribution in [0.2, 0.25) is 0 Å². The molecule has 0 aromatic heterocycles. The van der Waals surface area contributed by atoms with Crippen molar-refractivity contribution < 1.29 is 14.0 Å². The quantitative estimate of drug-likeness (QED) is 0.851. The van der Waals surface area contributed by atoms with Gasteiger partial charge in [-0.15, -0.1) is 0 Å². The predicted octanol–water partition coefficient (Wildman–Crippen LogP) is 4.06. The Hall–Kier alpha value is -3.02. The zero-order chi connectivity index (χ0) is 20.4. The molecule has 0 atom stereocenters. The van der Waals surface area contributed by atoms with E-state index in [1.807, 2.05) is 31.2 Å². The number of rotatable bonds is 4. The number of halogens is 1. The largest absolute Gasteiger partial charge is 0.324 e. The van der Waals surface area contributed by atoms with E-state index in [0.717, 1.165) is 43.2 Å². The van der Waals surface area contributed by atoms with E-state index < -0.39 is 11.5 Å². The van der Waals surface area contributed by atoms with Gasteiger partial charge in [0, 0.05) is 11.3 Å². The molecule has 150 valence electrons. The minimum Gasteiger partial charge on any atom is -0.324 e. The van der Waals surface area contributed by atoms with Crippen molar-refractivity contribution in [3.63, 3.8) is 0 Å². The first-order valence-electron chi connectivity index (χ1n) is 10.0. The van der Waals surface area contributed by atoms with Crippen molar-refractivity contribution in [1.82, 2.24) is 4.90 Å². The number of carbonyl (C=O) groups is 2. The predicted molar refractivity (Wildman–Crippen MR) is 110 cm³/mol. The van der Waals surface area contributed by atoms with E-state index in [2.05, 4.69) is 5.32 Å². The van der Waals surface area contributed by atoms with Gasteiger partial charge >= 0.3 is 0 Å². The highest BCUT2D eigenvalue weighted by atomic mass is 19.1. The highest BCUT2D eigenvalue weighted by molar-refractivity contribution is 6.47. The second-order valence-electron chi connectivity index (χ2n) is 7.82. The Labute approximate surface area is 169 Å². The standard InChI is InChI=1S/C23H24FN3O2/c1-16-8-10-17(11-9-16)21-22(29)27(23(26-21)12-3-2-4-13-23)15-20(28)25-19-7-5-6-18(24)14-19/h5-11,14H,2-4,12-13,15H2,1H3,(H,25,28). The molecule has 1 saturated carbocycles. The van der Waals surface area contributed by atoms with Gasteiger partial charge in [-0.25, -0.2) is 4.39 Å². The molecular weight excluding hydrogens is 369 g/mol. The number of aliphatic imine (C=N–C) groups is 1. The van der Waals surface area contributed by atoms with Crippen LogP contribution in [0.3, 0.4) is 0 Å². The summed E-state index contributed by atoms with van der Waals surface area (Å²) in [6.07, 6.45) is 4.55. The number of nitrogens with one attached hydrogen (secondary N) is 1. The maximum Gasteiger partial charge on any atom is 0.275 e. The van der Waals surface area contributed by atoms with E-state index in [4.69, 9.17) is 4.99 Å². The van der Waals surface area contributed by atoms with Crippen molar-refractivity contribution in [1.29, 1.82) is 0 Å². The van der Waals surface area contributed by atoms with Gasteiger partial charge in [0.1, 0.15) is 23.7 Å². The van der Waals surface area contributed by atoms with Gasteiger partial charge in [-0.3, -0.25) is 14.6 Å². The smallest absolute Gasteiger partial charge is 0.275 e. The lowest BCUT2D eigenvalue weighted by atomic mass is 9.88. The number of anilines is 1. The number of aryl methyl sites for hydroxylation is 1. The van der Waals surface area contributed by atoms with Crippen molar-refractivity contribution in [2.45, 2.75) is 44.7 Å². The van der Waals surface area contributed by atoms with Gasteiger partial charge in [0.2, 0.25) is 5.91 Å². The van der Waals surface area contributed by atoms with Crippen molar-refractivity contribution in [2.75, 3.05) is 11.9 Å². The lowest BCUT2D eigenvalue weighted by Gasteiger charge is -2.38. The van der Waals surface area contributed by atoms with Crippen LogP contribution in [0.25, 0.3) is 0 Å². The normalized spacial score (nSPS) is 18.1. The Morgan fingerprint density at radius 1 is 1.14 bits per heavy atom. The number of nitrogens with zero attached hydrogens (tertiary/aromatic N) is 2. The third-order valence-corrected chi connectivity index (χ3v) is 5.66. The van der Waals surface area contributed by atoms with Gasteiger partial charge in [0.15, 0.2) is 0 Å². The van der Waals surface area contributed by atoms with Crippen LogP contribution < -0.4 is 5.32 Å². The molecule has 1 aliphatic heterocycles. The third kappa shape index (κ3) is 3.92. The van der Waals surface area contributed by atoms with Crippen LogP contribution in [0.4, 0.5) is 10.1 Å². The molecule has 5 nitrogen and oxygen atoms in total. The summed E-state index contributed by atoms with van der Waals surface area (Å²) in [5, 5.41) is 2.69. The number of benzene rings is 2. The van der Waals surface area contributed by atoms with Crippen molar-refractivity contribution in [2.24, 2.45) is 4.99 Å². The monoisotopic (exact) mass is 393 g/mol. The Morgan fingerprint density at radius 2 is 1.86 bits per heavy atom. The van der Waals surface area contributed by atoms with Crippen LogP contribution in [-0.4, -0.2) is 34.6 Å². The van der Waals surface area contributed by atoms with E-state index >= 15 is 0 Å². The first kappa shape index (κ1) is 19.3. The molecule has 1 heterocycles. The maximum absolute atomic E-state index is 13.4. The Morgan fingerprint density at radius 3 is 2.55 bits per heavy atom. The first-order chi connectivity index (χ1) is 14.0. The molecule has 1 aliphatic carbocycles. The second kappa shape index (κ2) is 7.78. The molecule has 0 saturated heterocycles. The van der Waals surface area contributed by atoms with E-state index in [1.54, 1.807) is 11.0 Å². The summed E-state index contributed by atoms with van der Waals surface area (Å²) >= 11 is 0. The average molecular weight is 393 g/mol. The molecule has 1 spiro atoms. The van der Waals surface area contributed by atoms with Crippen LogP contribution in [0.5, 0.6) is 0 Å². The van der Waals surface area contributed by atoms with Crippen LogP contribution in [0.15, 0.2) is 53.5 Å². The number of hydrogen-bond donors (Lipinski definition) is 1. The molecule has 6 heteroatoms. The lowest BCUT2D eigenvalue weighted by molar-refractivity contribution is -0.134. The Bertz CT molecular complexity index is 962. The molecule has 2 amide bonds. The minimum atomic E-state index is -0.658. The fraction of sp³-hybridized carbons (Fsp3) is 0.348. The maximum atomic E-state index is 13.4. The average Bonchev–Trinajstić information content (AvgIpc) is 2.95. The minimum absolute atomic E-state index is 0.103. The van der Waals surface area contributed by atoms with Gasteiger partial charge < -0.3 is 10.2 Å². The van der Waals surface area contributed by atoms with E-state index in [-0.39, 0.29) is 18.4 Å². The summed E-state index contributed by atoms with van der Waals surface area (Å²) < 4.78 is 13.4. The van der Waals surface area contributed by atoms with Gasteiger partial charge in [0.25, 0.3) is 5.91 Å². The highest BCUT2D eigenvalue weighted by Crippen LogP contribution is 2.39. The second-order valence-corrected chi connectivity index (χ2v) is 7.82. The summed E-state index contributed by atoms with van der Waals surface area (Å²) in [7, 11) is 0. The van der Waals surface area contributed by atoms with E-state index in [0.29, 0.717) is 11.4 Å². The lowest BCUT2D eigenvalue weighted by Crippen LogP contribution is -2.51. The number of hydrogen-bond acceptors (Lipinski definition) is 3. The Kier molecular flexibility index (Phi) is 5.18. The van der Waals surface area contributed by atoms with E-state index in [9.17, 15) is 14.0 Å².